The summed E-state index contributed by atoms with van der Waals surface area (Å²) in [5.41, 5.74) is 1.39. The molecule has 2 unspecified atom stereocenters. The molecular formula is C16H26BrNO. The molecule has 2 atom stereocenters. The van der Waals surface area contributed by atoms with Crippen molar-refractivity contribution < 1.29 is 4.74 Å². The Balaban J connectivity index is 2.59. The highest BCUT2D eigenvalue weighted by Crippen LogP contribution is 2.16. The average molecular weight is 328 g/mol. The predicted octanol–water partition coefficient (Wildman–Crippen LogP) is 4.03. The number of hydrogen-bond acceptors (Lipinski definition) is 2. The maximum absolute atomic E-state index is 5.20. The van der Waals surface area contributed by atoms with Gasteiger partial charge in [0.25, 0.3) is 0 Å². The maximum atomic E-state index is 5.20. The first kappa shape index (κ1) is 16.7. The topological polar surface area (TPSA) is 21.3 Å². The SMILES string of the molecule is CCCNC(Cc1ccc(Br)cc1)C(C)CCOC. The number of rotatable bonds is 9. The van der Waals surface area contributed by atoms with Crippen LogP contribution in [0.2, 0.25) is 0 Å². The Hall–Kier alpha value is -0.380. The third-order valence-corrected chi connectivity index (χ3v) is 4.02. The fourth-order valence-corrected chi connectivity index (χ4v) is 2.45. The molecule has 0 amide bonds. The van der Waals surface area contributed by atoms with E-state index in [4.69, 9.17) is 4.74 Å². The van der Waals surface area contributed by atoms with Gasteiger partial charge in [-0.2, -0.15) is 0 Å². The number of benzene rings is 1. The van der Waals surface area contributed by atoms with E-state index in [1.54, 1.807) is 7.11 Å². The van der Waals surface area contributed by atoms with E-state index in [0.29, 0.717) is 12.0 Å². The molecule has 0 fully saturated rings. The lowest BCUT2D eigenvalue weighted by Crippen LogP contribution is -2.37. The summed E-state index contributed by atoms with van der Waals surface area (Å²) in [6.45, 7) is 6.44. The van der Waals surface area contributed by atoms with Crippen LogP contribution in [0.3, 0.4) is 0 Å². The molecule has 0 radical (unpaired) electrons. The maximum Gasteiger partial charge on any atom is 0.0465 e. The van der Waals surface area contributed by atoms with Crippen molar-refractivity contribution in [3.63, 3.8) is 0 Å². The van der Waals surface area contributed by atoms with Crippen LogP contribution in [0.5, 0.6) is 0 Å². The number of halogens is 1. The Morgan fingerprint density at radius 1 is 1.26 bits per heavy atom. The average Bonchev–Trinajstić information content (AvgIpc) is 2.42. The highest BCUT2D eigenvalue weighted by Gasteiger charge is 2.16. The molecule has 1 rings (SSSR count). The quantitative estimate of drug-likeness (QED) is 0.739. The van der Waals surface area contributed by atoms with E-state index >= 15 is 0 Å². The highest BCUT2D eigenvalue weighted by atomic mass is 79.9. The van der Waals surface area contributed by atoms with Crippen LogP contribution in [-0.4, -0.2) is 26.3 Å². The minimum Gasteiger partial charge on any atom is -0.385 e. The molecule has 1 aromatic carbocycles. The van der Waals surface area contributed by atoms with Gasteiger partial charge in [0.2, 0.25) is 0 Å². The lowest BCUT2D eigenvalue weighted by atomic mass is 9.92. The summed E-state index contributed by atoms with van der Waals surface area (Å²) >= 11 is 3.48. The normalized spacial score (nSPS) is 14.3. The molecule has 1 N–H and O–H groups in total. The smallest absolute Gasteiger partial charge is 0.0465 e. The third kappa shape index (κ3) is 6.55. The molecule has 0 aliphatic rings. The first-order chi connectivity index (χ1) is 9.17. The van der Waals surface area contributed by atoms with Crippen LogP contribution in [0, 0.1) is 5.92 Å². The number of ether oxygens (including phenoxy) is 1. The molecule has 1 aromatic rings. The van der Waals surface area contributed by atoms with E-state index < -0.39 is 0 Å². The van der Waals surface area contributed by atoms with Gasteiger partial charge in [-0.25, -0.2) is 0 Å². The fraction of sp³-hybridized carbons (Fsp3) is 0.625. The second-order valence-electron chi connectivity index (χ2n) is 5.15. The van der Waals surface area contributed by atoms with Gasteiger partial charge in [-0.3, -0.25) is 0 Å². The third-order valence-electron chi connectivity index (χ3n) is 3.49. The van der Waals surface area contributed by atoms with Crippen LogP contribution in [0.15, 0.2) is 28.7 Å². The molecule has 0 aliphatic carbocycles. The molecule has 0 saturated heterocycles. The second kappa shape index (κ2) is 9.51. The molecule has 0 aliphatic heterocycles. The van der Waals surface area contributed by atoms with Gasteiger partial charge in [0.05, 0.1) is 0 Å². The minimum absolute atomic E-state index is 0.524. The van der Waals surface area contributed by atoms with E-state index in [-0.39, 0.29) is 0 Å². The fourth-order valence-electron chi connectivity index (χ4n) is 2.18. The van der Waals surface area contributed by atoms with Crippen molar-refractivity contribution >= 4 is 15.9 Å². The van der Waals surface area contributed by atoms with Crippen LogP contribution < -0.4 is 5.32 Å². The van der Waals surface area contributed by atoms with Crippen molar-refractivity contribution in [1.29, 1.82) is 0 Å². The molecule has 0 heterocycles. The number of methoxy groups -OCH3 is 1. The predicted molar refractivity (Wildman–Crippen MR) is 85.6 cm³/mol. The summed E-state index contributed by atoms with van der Waals surface area (Å²) in [4.78, 5) is 0. The van der Waals surface area contributed by atoms with Crippen molar-refractivity contribution in [3.8, 4) is 0 Å². The van der Waals surface area contributed by atoms with Gasteiger partial charge < -0.3 is 10.1 Å². The standard InChI is InChI=1S/C16H26BrNO/c1-4-10-18-16(13(2)9-11-19-3)12-14-5-7-15(17)8-6-14/h5-8,13,16,18H,4,9-12H2,1-3H3. The Labute approximate surface area is 126 Å². The van der Waals surface area contributed by atoms with Crippen LogP contribution in [0.1, 0.15) is 32.3 Å². The highest BCUT2D eigenvalue weighted by molar-refractivity contribution is 9.10. The molecule has 0 spiro atoms. The van der Waals surface area contributed by atoms with Gasteiger partial charge in [-0.1, -0.05) is 41.9 Å². The lowest BCUT2D eigenvalue weighted by Gasteiger charge is -2.25. The number of hydrogen-bond donors (Lipinski definition) is 1. The summed E-state index contributed by atoms with van der Waals surface area (Å²) in [5.74, 6) is 0.621. The van der Waals surface area contributed by atoms with Crippen LogP contribution in [-0.2, 0) is 11.2 Å². The van der Waals surface area contributed by atoms with Crippen molar-refractivity contribution in [3.05, 3.63) is 34.3 Å². The van der Waals surface area contributed by atoms with E-state index in [9.17, 15) is 0 Å². The van der Waals surface area contributed by atoms with Crippen molar-refractivity contribution in [2.24, 2.45) is 5.92 Å². The zero-order valence-corrected chi connectivity index (χ0v) is 13.9. The van der Waals surface area contributed by atoms with Gasteiger partial charge in [0.15, 0.2) is 0 Å². The van der Waals surface area contributed by atoms with E-state index in [2.05, 4.69) is 59.4 Å². The molecule has 108 valence electrons. The van der Waals surface area contributed by atoms with Gasteiger partial charge >= 0.3 is 0 Å². The minimum atomic E-state index is 0.524. The zero-order valence-electron chi connectivity index (χ0n) is 12.3. The van der Waals surface area contributed by atoms with Crippen molar-refractivity contribution in [2.75, 3.05) is 20.3 Å². The summed E-state index contributed by atoms with van der Waals surface area (Å²) in [6, 6.07) is 9.16. The van der Waals surface area contributed by atoms with E-state index in [0.717, 1.165) is 30.5 Å². The van der Waals surface area contributed by atoms with Crippen LogP contribution in [0.4, 0.5) is 0 Å². The summed E-state index contributed by atoms with van der Waals surface area (Å²) < 4.78 is 6.34. The van der Waals surface area contributed by atoms with Gasteiger partial charge in [0.1, 0.15) is 0 Å². The first-order valence-electron chi connectivity index (χ1n) is 7.14. The van der Waals surface area contributed by atoms with E-state index in [1.807, 2.05) is 0 Å². The molecule has 0 bridgehead atoms. The van der Waals surface area contributed by atoms with E-state index in [1.165, 1.54) is 12.0 Å². The summed E-state index contributed by atoms with van der Waals surface area (Å²) in [6.07, 6.45) is 3.36. The Kier molecular flexibility index (Phi) is 8.35. The van der Waals surface area contributed by atoms with Crippen LogP contribution >= 0.6 is 15.9 Å². The summed E-state index contributed by atoms with van der Waals surface area (Å²) in [7, 11) is 1.77. The largest absolute Gasteiger partial charge is 0.385 e. The molecule has 2 nitrogen and oxygen atoms in total. The Morgan fingerprint density at radius 3 is 2.53 bits per heavy atom. The van der Waals surface area contributed by atoms with Gasteiger partial charge in [0, 0.05) is 24.2 Å². The van der Waals surface area contributed by atoms with Crippen molar-refractivity contribution in [1.82, 2.24) is 5.32 Å². The molecule has 19 heavy (non-hydrogen) atoms. The first-order valence-corrected chi connectivity index (χ1v) is 7.93. The van der Waals surface area contributed by atoms with Gasteiger partial charge in [-0.05, 0) is 49.4 Å². The molecular weight excluding hydrogens is 302 g/mol. The Bertz CT molecular complexity index is 339. The zero-order chi connectivity index (χ0) is 14.1. The monoisotopic (exact) mass is 327 g/mol. The number of nitrogens with one attached hydrogen (secondary N) is 1. The van der Waals surface area contributed by atoms with Gasteiger partial charge in [-0.15, -0.1) is 0 Å². The van der Waals surface area contributed by atoms with Crippen LogP contribution in [0.25, 0.3) is 0 Å². The second-order valence-corrected chi connectivity index (χ2v) is 6.07. The molecule has 3 heteroatoms. The Morgan fingerprint density at radius 2 is 1.95 bits per heavy atom. The molecule has 0 saturated carbocycles. The molecule has 0 aromatic heterocycles. The van der Waals surface area contributed by atoms with Crippen molar-refractivity contribution in [2.45, 2.75) is 39.2 Å². The summed E-state index contributed by atoms with van der Waals surface area (Å²) in [5, 5.41) is 3.67. The lowest BCUT2D eigenvalue weighted by molar-refractivity contribution is 0.170.